The van der Waals surface area contributed by atoms with E-state index in [1.165, 1.54) is 0 Å². The van der Waals surface area contributed by atoms with E-state index in [0.717, 1.165) is 11.0 Å². The van der Waals surface area contributed by atoms with Crippen molar-refractivity contribution >= 4 is 16.9 Å². The maximum atomic E-state index is 10.8. The molecule has 1 aromatic carbocycles. The van der Waals surface area contributed by atoms with Crippen molar-refractivity contribution < 1.29 is 4.79 Å². The molecule has 0 bridgehead atoms. The maximum absolute atomic E-state index is 10.8. The van der Waals surface area contributed by atoms with E-state index in [1.54, 1.807) is 4.68 Å². The highest BCUT2D eigenvalue weighted by molar-refractivity contribution is 5.76. The van der Waals surface area contributed by atoms with E-state index in [9.17, 15) is 4.79 Å². The van der Waals surface area contributed by atoms with Crippen LogP contribution in [-0.2, 0) is 4.79 Å². The van der Waals surface area contributed by atoms with E-state index >= 15 is 0 Å². The van der Waals surface area contributed by atoms with E-state index in [0.29, 0.717) is 0 Å². The molecule has 5 heteroatoms. The first-order valence-electron chi connectivity index (χ1n) is 4.76. The van der Waals surface area contributed by atoms with E-state index < -0.39 is 0 Å². The Morgan fingerprint density at radius 3 is 3.00 bits per heavy atom. The van der Waals surface area contributed by atoms with Crippen LogP contribution in [-0.4, -0.2) is 20.9 Å². The number of para-hydroxylation sites is 1. The predicted octanol–water partition coefficient (Wildman–Crippen LogP) is 0.868. The number of hydrogen-bond donors (Lipinski definition) is 1. The Balaban J connectivity index is 2.39. The van der Waals surface area contributed by atoms with Gasteiger partial charge >= 0.3 is 0 Å². The van der Waals surface area contributed by atoms with Crippen molar-refractivity contribution in [2.75, 3.05) is 0 Å². The molecule has 2 N–H and O–H groups in total. The van der Waals surface area contributed by atoms with Crippen LogP contribution in [0.4, 0.5) is 0 Å². The molecule has 1 aromatic heterocycles. The molecule has 1 atom stereocenters. The van der Waals surface area contributed by atoms with Crippen LogP contribution in [0.3, 0.4) is 0 Å². The molecule has 1 heterocycles. The molecule has 0 saturated carbocycles. The lowest BCUT2D eigenvalue weighted by atomic mass is 10.2. The van der Waals surface area contributed by atoms with Crippen LogP contribution in [0.5, 0.6) is 0 Å². The quantitative estimate of drug-likeness (QED) is 0.806. The van der Waals surface area contributed by atoms with Crippen LogP contribution < -0.4 is 5.73 Å². The third-order valence-electron chi connectivity index (χ3n) is 2.29. The summed E-state index contributed by atoms with van der Waals surface area (Å²) in [4.78, 5) is 10.8. The number of primary amides is 1. The molecule has 0 saturated heterocycles. The highest BCUT2D eigenvalue weighted by atomic mass is 16.1. The summed E-state index contributed by atoms with van der Waals surface area (Å²) < 4.78 is 1.72. The fraction of sp³-hybridized carbons (Fsp3) is 0.300. The average Bonchev–Trinajstić information content (AvgIpc) is 2.59. The zero-order chi connectivity index (χ0) is 10.8. The molecule has 2 aromatic rings. The Hall–Kier alpha value is -1.91. The smallest absolute Gasteiger partial charge is 0.219 e. The average molecular weight is 204 g/mol. The van der Waals surface area contributed by atoms with Gasteiger partial charge in [-0.1, -0.05) is 17.3 Å². The molecule has 15 heavy (non-hydrogen) atoms. The molecule has 1 amide bonds. The van der Waals surface area contributed by atoms with Crippen molar-refractivity contribution in [1.82, 2.24) is 15.0 Å². The van der Waals surface area contributed by atoms with Gasteiger partial charge in [-0.3, -0.25) is 4.79 Å². The van der Waals surface area contributed by atoms with Crippen molar-refractivity contribution in [3.63, 3.8) is 0 Å². The molecule has 0 radical (unpaired) electrons. The van der Waals surface area contributed by atoms with Gasteiger partial charge in [0.15, 0.2) is 0 Å². The minimum Gasteiger partial charge on any atom is -0.370 e. The number of nitrogens with two attached hydrogens (primary N) is 1. The van der Waals surface area contributed by atoms with Gasteiger partial charge in [-0.15, -0.1) is 5.10 Å². The van der Waals surface area contributed by atoms with Crippen LogP contribution >= 0.6 is 0 Å². The molecular weight excluding hydrogens is 192 g/mol. The third-order valence-corrected chi connectivity index (χ3v) is 2.29. The Morgan fingerprint density at radius 1 is 1.53 bits per heavy atom. The number of carbonyl (C=O) groups is 1. The summed E-state index contributed by atoms with van der Waals surface area (Å²) in [7, 11) is 0. The summed E-state index contributed by atoms with van der Waals surface area (Å²) in [6, 6.07) is 7.57. The molecule has 2 rings (SSSR count). The number of carbonyl (C=O) groups excluding carboxylic acids is 1. The van der Waals surface area contributed by atoms with Crippen LogP contribution in [0.25, 0.3) is 11.0 Å². The minimum absolute atomic E-state index is 0.0603. The van der Waals surface area contributed by atoms with Crippen molar-refractivity contribution in [2.45, 2.75) is 19.4 Å². The minimum atomic E-state index is -0.331. The molecular formula is C10H12N4O. The summed E-state index contributed by atoms with van der Waals surface area (Å²) in [6.07, 6.45) is 0.271. The Kier molecular flexibility index (Phi) is 2.37. The summed E-state index contributed by atoms with van der Waals surface area (Å²) in [6.45, 7) is 1.89. The first-order valence-corrected chi connectivity index (χ1v) is 4.76. The molecule has 0 aliphatic rings. The zero-order valence-corrected chi connectivity index (χ0v) is 8.42. The number of nitrogens with zero attached hydrogens (tertiary/aromatic N) is 3. The largest absolute Gasteiger partial charge is 0.370 e. The van der Waals surface area contributed by atoms with Crippen LogP contribution in [0, 0.1) is 0 Å². The Morgan fingerprint density at radius 2 is 2.27 bits per heavy atom. The van der Waals surface area contributed by atoms with Crippen molar-refractivity contribution in [3.8, 4) is 0 Å². The summed E-state index contributed by atoms with van der Waals surface area (Å²) in [5.41, 5.74) is 6.89. The predicted molar refractivity (Wildman–Crippen MR) is 56.1 cm³/mol. The fourth-order valence-corrected chi connectivity index (χ4v) is 1.59. The van der Waals surface area contributed by atoms with Gasteiger partial charge in [0.25, 0.3) is 0 Å². The summed E-state index contributed by atoms with van der Waals surface area (Å²) in [5, 5.41) is 8.02. The highest BCUT2D eigenvalue weighted by Gasteiger charge is 2.12. The second kappa shape index (κ2) is 3.68. The van der Waals surface area contributed by atoms with Crippen LogP contribution in [0.1, 0.15) is 19.4 Å². The zero-order valence-electron chi connectivity index (χ0n) is 8.42. The lowest BCUT2D eigenvalue weighted by Gasteiger charge is -2.09. The van der Waals surface area contributed by atoms with Gasteiger partial charge in [0.2, 0.25) is 5.91 Å². The first-order chi connectivity index (χ1) is 7.18. The lowest BCUT2D eigenvalue weighted by molar-refractivity contribution is -0.118. The van der Waals surface area contributed by atoms with Gasteiger partial charge in [-0.25, -0.2) is 4.68 Å². The molecule has 1 unspecified atom stereocenters. The van der Waals surface area contributed by atoms with Gasteiger partial charge in [0, 0.05) is 6.42 Å². The van der Waals surface area contributed by atoms with E-state index in [2.05, 4.69) is 10.3 Å². The fourth-order valence-electron chi connectivity index (χ4n) is 1.59. The molecule has 5 nitrogen and oxygen atoms in total. The third kappa shape index (κ3) is 1.81. The van der Waals surface area contributed by atoms with E-state index in [1.807, 2.05) is 31.2 Å². The summed E-state index contributed by atoms with van der Waals surface area (Å²) >= 11 is 0. The second-order valence-corrected chi connectivity index (χ2v) is 3.54. The number of benzene rings is 1. The molecule has 0 fully saturated rings. The first kappa shape index (κ1) is 9.64. The number of hydrogen-bond acceptors (Lipinski definition) is 3. The normalized spacial score (nSPS) is 12.9. The second-order valence-electron chi connectivity index (χ2n) is 3.54. The topological polar surface area (TPSA) is 73.8 Å². The lowest BCUT2D eigenvalue weighted by Crippen LogP contribution is -2.18. The van der Waals surface area contributed by atoms with Crippen LogP contribution in [0.2, 0.25) is 0 Å². The molecule has 0 aliphatic heterocycles. The molecule has 0 spiro atoms. The summed E-state index contributed by atoms with van der Waals surface area (Å²) in [5.74, 6) is -0.331. The van der Waals surface area contributed by atoms with Crippen LogP contribution in [0.15, 0.2) is 24.3 Å². The van der Waals surface area contributed by atoms with Crippen molar-refractivity contribution in [1.29, 1.82) is 0 Å². The maximum Gasteiger partial charge on any atom is 0.219 e. The SMILES string of the molecule is CC(CC(N)=O)n1nnc2ccccc21. The number of amides is 1. The standard InChI is InChI=1S/C10H12N4O/c1-7(6-10(11)15)14-9-5-3-2-4-8(9)12-13-14/h2-5,7H,6H2,1H3,(H2,11,15). The van der Waals surface area contributed by atoms with Gasteiger partial charge in [0.05, 0.1) is 11.6 Å². The van der Waals surface area contributed by atoms with Crippen molar-refractivity contribution in [2.24, 2.45) is 5.73 Å². The van der Waals surface area contributed by atoms with E-state index in [-0.39, 0.29) is 18.4 Å². The molecule has 78 valence electrons. The van der Waals surface area contributed by atoms with Gasteiger partial charge in [-0.2, -0.15) is 0 Å². The Bertz CT molecular complexity index is 491. The Labute approximate surface area is 86.9 Å². The monoisotopic (exact) mass is 204 g/mol. The number of rotatable bonds is 3. The highest BCUT2D eigenvalue weighted by Crippen LogP contribution is 2.16. The van der Waals surface area contributed by atoms with E-state index in [4.69, 9.17) is 5.73 Å². The number of fused-ring (bicyclic) bond motifs is 1. The van der Waals surface area contributed by atoms with Gasteiger partial charge < -0.3 is 5.73 Å². The number of aromatic nitrogens is 3. The van der Waals surface area contributed by atoms with Gasteiger partial charge in [0.1, 0.15) is 5.52 Å². The van der Waals surface area contributed by atoms with Crippen molar-refractivity contribution in [3.05, 3.63) is 24.3 Å². The molecule has 0 aliphatic carbocycles. The van der Waals surface area contributed by atoms with Gasteiger partial charge in [-0.05, 0) is 19.1 Å².